The normalized spacial score (nSPS) is 13.6. The van der Waals surface area contributed by atoms with Crippen molar-refractivity contribution in [3.05, 3.63) is 96.1 Å². The lowest BCUT2D eigenvalue weighted by atomic mass is 9.84. The molecule has 2 heterocycles. The van der Waals surface area contributed by atoms with Crippen LogP contribution in [0, 0.1) is 0 Å². The molecule has 21 heavy (non-hydrogen) atoms. The fraction of sp³-hybridized carbons (Fsp3) is 0.111. The van der Waals surface area contributed by atoms with E-state index in [4.69, 9.17) is 0 Å². The number of aromatic nitrogens is 2. The van der Waals surface area contributed by atoms with Crippen LogP contribution >= 0.6 is 0 Å². The van der Waals surface area contributed by atoms with E-state index in [-0.39, 0.29) is 0 Å². The molecule has 0 fully saturated rings. The van der Waals surface area contributed by atoms with Crippen LogP contribution in [-0.4, -0.2) is 15.1 Å². The largest absolute Gasteiger partial charge is 0.378 e. The maximum absolute atomic E-state index is 11.3. The lowest BCUT2D eigenvalue weighted by Crippen LogP contribution is -2.31. The molecule has 0 spiro atoms. The summed E-state index contributed by atoms with van der Waals surface area (Å²) in [6.07, 6.45) is 5.63. The number of pyridine rings is 2. The molecular formula is C18H16N2O. The van der Waals surface area contributed by atoms with Crippen molar-refractivity contribution in [1.29, 1.82) is 0 Å². The van der Waals surface area contributed by atoms with Crippen LogP contribution in [-0.2, 0) is 12.0 Å². The van der Waals surface area contributed by atoms with Gasteiger partial charge < -0.3 is 5.11 Å². The van der Waals surface area contributed by atoms with E-state index >= 15 is 0 Å². The minimum atomic E-state index is -1.15. The fourth-order valence-corrected chi connectivity index (χ4v) is 2.46. The van der Waals surface area contributed by atoms with E-state index in [1.807, 2.05) is 60.7 Å². The van der Waals surface area contributed by atoms with Gasteiger partial charge in [0.1, 0.15) is 5.60 Å². The lowest BCUT2D eigenvalue weighted by molar-refractivity contribution is 0.0764. The van der Waals surface area contributed by atoms with Gasteiger partial charge in [-0.25, -0.2) is 0 Å². The molecule has 3 aromatic rings. The molecule has 0 saturated heterocycles. The Labute approximate surface area is 124 Å². The van der Waals surface area contributed by atoms with Crippen LogP contribution in [0.3, 0.4) is 0 Å². The van der Waals surface area contributed by atoms with Gasteiger partial charge in [0.2, 0.25) is 0 Å². The predicted octanol–water partition coefficient (Wildman–Crippen LogP) is 2.96. The Bertz CT molecular complexity index is 645. The number of benzene rings is 1. The Kier molecular flexibility index (Phi) is 3.75. The van der Waals surface area contributed by atoms with Gasteiger partial charge in [0, 0.05) is 25.0 Å². The SMILES string of the molecule is OC(Cc1ccncc1)(c1ccccc1)c1ccccn1. The van der Waals surface area contributed by atoms with E-state index in [1.54, 1.807) is 18.6 Å². The summed E-state index contributed by atoms with van der Waals surface area (Å²) >= 11 is 0. The summed E-state index contributed by atoms with van der Waals surface area (Å²) in [6.45, 7) is 0. The summed E-state index contributed by atoms with van der Waals surface area (Å²) in [5.41, 5.74) is 1.35. The maximum atomic E-state index is 11.3. The molecular weight excluding hydrogens is 260 g/mol. The Balaban J connectivity index is 2.07. The molecule has 0 amide bonds. The molecule has 0 aliphatic rings. The number of hydrogen-bond donors (Lipinski definition) is 1. The Morgan fingerprint density at radius 3 is 2.19 bits per heavy atom. The van der Waals surface area contributed by atoms with Crippen molar-refractivity contribution >= 4 is 0 Å². The van der Waals surface area contributed by atoms with Crippen molar-refractivity contribution in [3.63, 3.8) is 0 Å². The molecule has 3 heteroatoms. The maximum Gasteiger partial charge on any atom is 0.135 e. The van der Waals surface area contributed by atoms with Crippen molar-refractivity contribution in [2.24, 2.45) is 0 Å². The van der Waals surface area contributed by atoms with Gasteiger partial charge in [0.05, 0.1) is 5.69 Å². The highest BCUT2D eigenvalue weighted by Crippen LogP contribution is 2.31. The van der Waals surface area contributed by atoms with E-state index in [9.17, 15) is 5.11 Å². The number of nitrogens with zero attached hydrogens (tertiary/aromatic N) is 2. The summed E-state index contributed by atoms with van der Waals surface area (Å²) < 4.78 is 0. The molecule has 0 saturated carbocycles. The van der Waals surface area contributed by atoms with Crippen molar-refractivity contribution in [1.82, 2.24) is 9.97 Å². The Hall–Kier alpha value is -2.52. The lowest BCUT2D eigenvalue weighted by Gasteiger charge is -2.28. The first-order chi connectivity index (χ1) is 10.3. The van der Waals surface area contributed by atoms with Gasteiger partial charge in [-0.1, -0.05) is 36.4 Å². The van der Waals surface area contributed by atoms with E-state index in [1.165, 1.54) is 0 Å². The molecule has 3 rings (SSSR count). The molecule has 1 atom stereocenters. The predicted molar refractivity (Wildman–Crippen MR) is 81.6 cm³/mol. The van der Waals surface area contributed by atoms with E-state index in [2.05, 4.69) is 9.97 Å². The second-order valence-electron chi connectivity index (χ2n) is 4.97. The quantitative estimate of drug-likeness (QED) is 0.797. The smallest absolute Gasteiger partial charge is 0.135 e. The van der Waals surface area contributed by atoms with Crippen LogP contribution < -0.4 is 0 Å². The van der Waals surface area contributed by atoms with Gasteiger partial charge in [-0.3, -0.25) is 9.97 Å². The van der Waals surface area contributed by atoms with Crippen LogP contribution in [0.2, 0.25) is 0 Å². The first-order valence-corrected chi connectivity index (χ1v) is 6.87. The second-order valence-corrected chi connectivity index (χ2v) is 4.97. The topological polar surface area (TPSA) is 46.0 Å². The van der Waals surface area contributed by atoms with Crippen molar-refractivity contribution in [3.8, 4) is 0 Å². The molecule has 1 aromatic carbocycles. The summed E-state index contributed by atoms with van der Waals surface area (Å²) in [7, 11) is 0. The van der Waals surface area contributed by atoms with Crippen molar-refractivity contribution < 1.29 is 5.11 Å². The number of hydrogen-bond acceptors (Lipinski definition) is 3. The Morgan fingerprint density at radius 1 is 0.810 bits per heavy atom. The molecule has 1 N–H and O–H groups in total. The molecule has 0 aliphatic carbocycles. The summed E-state index contributed by atoms with van der Waals surface area (Å²) in [4.78, 5) is 8.38. The zero-order chi connectivity index (χ0) is 14.5. The van der Waals surface area contributed by atoms with Crippen molar-refractivity contribution in [2.75, 3.05) is 0 Å². The van der Waals surface area contributed by atoms with Gasteiger partial charge in [0.25, 0.3) is 0 Å². The van der Waals surface area contributed by atoms with E-state index < -0.39 is 5.60 Å². The van der Waals surface area contributed by atoms with Crippen LogP contribution in [0.1, 0.15) is 16.8 Å². The van der Waals surface area contributed by atoms with Gasteiger partial charge in [0.15, 0.2) is 0 Å². The van der Waals surface area contributed by atoms with Crippen LogP contribution in [0.5, 0.6) is 0 Å². The molecule has 3 nitrogen and oxygen atoms in total. The highest BCUT2D eigenvalue weighted by Gasteiger charge is 2.33. The third-order valence-electron chi connectivity index (χ3n) is 3.55. The Morgan fingerprint density at radius 2 is 1.52 bits per heavy atom. The average molecular weight is 276 g/mol. The van der Waals surface area contributed by atoms with E-state index in [0.717, 1.165) is 11.1 Å². The first-order valence-electron chi connectivity index (χ1n) is 6.87. The second kappa shape index (κ2) is 5.85. The monoisotopic (exact) mass is 276 g/mol. The highest BCUT2D eigenvalue weighted by atomic mass is 16.3. The van der Waals surface area contributed by atoms with Crippen LogP contribution in [0.15, 0.2) is 79.3 Å². The standard InChI is InChI=1S/C18H16N2O/c21-18(16-6-2-1-3-7-16,17-8-4-5-11-20-17)14-15-9-12-19-13-10-15/h1-13,21H,14H2. The number of aliphatic hydroxyl groups is 1. The average Bonchev–Trinajstić information content (AvgIpc) is 2.57. The first kappa shape index (κ1) is 13.5. The van der Waals surface area contributed by atoms with Gasteiger partial charge in [-0.15, -0.1) is 0 Å². The number of rotatable bonds is 4. The van der Waals surface area contributed by atoms with Crippen LogP contribution in [0.4, 0.5) is 0 Å². The highest BCUT2D eigenvalue weighted by molar-refractivity contribution is 5.34. The summed E-state index contributed by atoms with van der Waals surface area (Å²) in [5.74, 6) is 0. The molecule has 2 aromatic heterocycles. The third kappa shape index (κ3) is 2.83. The van der Waals surface area contributed by atoms with Gasteiger partial charge >= 0.3 is 0 Å². The fourth-order valence-electron chi connectivity index (χ4n) is 2.46. The minimum absolute atomic E-state index is 0.455. The zero-order valence-electron chi connectivity index (χ0n) is 11.6. The molecule has 0 radical (unpaired) electrons. The molecule has 0 aliphatic heterocycles. The van der Waals surface area contributed by atoms with Crippen molar-refractivity contribution in [2.45, 2.75) is 12.0 Å². The summed E-state index contributed by atoms with van der Waals surface area (Å²) in [6, 6.07) is 19.1. The van der Waals surface area contributed by atoms with Crippen LogP contribution in [0.25, 0.3) is 0 Å². The van der Waals surface area contributed by atoms with Gasteiger partial charge in [-0.05, 0) is 35.4 Å². The zero-order valence-corrected chi connectivity index (χ0v) is 11.6. The minimum Gasteiger partial charge on any atom is -0.378 e. The molecule has 0 bridgehead atoms. The van der Waals surface area contributed by atoms with E-state index in [0.29, 0.717) is 12.1 Å². The molecule has 1 unspecified atom stereocenters. The van der Waals surface area contributed by atoms with Gasteiger partial charge in [-0.2, -0.15) is 0 Å². The molecule has 104 valence electrons. The summed E-state index contributed by atoms with van der Waals surface area (Å²) in [5, 5.41) is 11.3. The third-order valence-corrected chi connectivity index (χ3v) is 3.55.